The van der Waals surface area contributed by atoms with Crippen LogP contribution < -0.4 is 0 Å². The van der Waals surface area contributed by atoms with Crippen LogP contribution in [0.2, 0.25) is 5.15 Å². The quantitative estimate of drug-likeness (QED) is 0.422. The Kier molecular flexibility index (Phi) is 4.40. The molecule has 1 heterocycles. The predicted octanol–water partition coefficient (Wildman–Crippen LogP) is 5.51. The number of rotatable bonds is 3. The molecule has 0 aliphatic carbocycles. The average molecular weight is 409 g/mol. The maximum Gasteiger partial charge on any atom is 0.161 e. The Morgan fingerprint density at radius 1 is 1.05 bits per heavy atom. The van der Waals surface area contributed by atoms with Crippen molar-refractivity contribution in [2.24, 2.45) is 0 Å². The third kappa shape index (κ3) is 3.04. The van der Waals surface area contributed by atoms with Crippen LogP contribution in [0.15, 0.2) is 42.5 Å². The molecule has 0 spiro atoms. The fraction of sp³-hybridized carbons (Fsp3) is 0.176. The molecule has 2 aromatic carbocycles. The molecule has 0 aliphatic rings. The second-order valence-electron chi connectivity index (χ2n) is 4.91. The molecule has 1 aromatic heterocycles. The first kappa shape index (κ1) is 14.7. The Morgan fingerprint density at radius 2 is 1.81 bits per heavy atom. The molecule has 21 heavy (non-hydrogen) atoms. The van der Waals surface area contributed by atoms with Crippen molar-refractivity contribution < 1.29 is 0 Å². The Labute approximate surface area is 142 Å². The van der Waals surface area contributed by atoms with Crippen molar-refractivity contribution in [1.29, 1.82) is 0 Å². The minimum Gasteiger partial charge on any atom is -0.232 e. The topological polar surface area (TPSA) is 25.8 Å². The van der Waals surface area contributed by atoms with Gasteiger partial charge in [0.1, 0.15) is 5.15 Å². The number of nitrogens with zero attached hydrogens (tertiary/aromatic N) is 2. The van der Waals surface area contributed by atoms with E-state index in [9.17, 15) is 0 Å². The Balaban J connectivity index is 2.13. The monoisotopic (exact) mass is 408 g/mol. The van der Waals surface area contributed by atoms with Gasteiger partial charge in [-0.1, -0.05) is 61.3 Å². The number of aromatic nitrogens is 2. The third-order valence-electron chi connectivity index (χ3n) is 3.37. The summed E-state index contributed by atoms with van der Waals surface area (Å²) in [5.41, 5.74) is 2.03. The summed E-state index contributed by atoms with van der Waals surface area (Å²) in [4.78, 5) is 9.14. The Hall–Kier alpha value is -1.20. The van der Waals surface area contributed by atoms with Crippen molar-refractivity contribution in [2.75, 3.05) is 0 Å². The van der Waals surface area contributed by atoms with E-state index in [1.807, 2.05) is 12.1 Å². The van der Waals surface area contributed by atoms with Crippen molar-refractivity contribution in [3.8, 4) is 11.4 Å². The molecule has 0 radical (unpaired) electrons. The van der Waals surface area contributed by atoms with Crippen LogP contribution in [0.3, 0.4) is 0 Å². The van der Waals surface area contributed by atoms with E-state index in [0.717, 1.165) is 27.7 Å². The fourth-order valence-electron chi connectivity index (χ4n) is 2.32. The van der Waals surface area contributed by atoms with Crippen LogP contribution in [0.4, 0.5) is 0 Å². The number of aryl methyl sites for hydroxylation is 1. The van der Waals surface area contributed by atoms with E-state index < -0.39 is 0 Å². The first-order chi connectivity index (χ1) is 10.2. The molecule has 0 atom stereocenters. The van der Waals surface area contributed by atoms with Gasteiger partial charge < -0.3 is 0 Å². The minimum atomic E-state index is 0.539. The molecule has 0 bridgehead atoms. The summed E-state index contributed by atoms with van der Waals surface area (Å²) < 4.78 is 0.959. The van der Waals surface area contributed by atoms with E-state index in [1.54, 1.807) is 0 Å². The number of fused-ring (bicyclic) bond motifs is 1. The number of benzene rings is 2. The second kappa shape index (κ2) is 6.28. The zero-order chi connectivity index (χ0) is 14.8. The molecule has 2 nitrogen and oxygen atoms in total. The highest BCUT2D eigenvalue weighted by atomic mass is 127. The molecule has 0 fully saturated rings. The zero-order valence-electron chi connectivity index (χ0n) is 11.6. The number of hydrogen-bond acceptors (Lipinski definition) is 2. The van der Waals surface area contributed by atoms with Gasteiger partial charge >= 0.3 is 0 Å². The molecular formula is C17H14ClIN2. The van der Waals surface area contributed by atoms with E-state index in [1.165, 1.54) is 10.8 Å². The van der Waals surface area contributed by atoms with Gasteiger partial charge in [0.15, 0.2) is 5.82 Å². The first-order valence-corrected chi connectivity index (χ1v) is 8.36. The molecule has 4 heteroatoms. The maximum atomic E-state index is 6.26. The smallest absolute Gasteiger partial charge is 0.161 e. The maximum absolute atomic E-state index is 6.26. The van der Waals surface area contributed by atoms with E-state index in [-0.39, 0.29) is 0 Å². The first-order valence-electron chi connectivity index (χ1n) is 6.90. The van der Waals surface area contributed by atoms with Gasteiger partial charge in [-0.2, -0.15) is 0 Å². The van der Waals surface area contributed by atoms with Crippen LogP contribution in [-0.2, 0) is 6.42 Å². The number of hydrogen-bond donors (Lipinski definition) is 0. The summed E-state index contributed by atoms with van der Waals surface area (Å²) in [6.07, 6.45) is 1.96. The molecule has 0 amide bonds. The number of halogens is 2. The van der Waals surface area contributed by atoms with Crippen LogP contribution in [0.5, 0.6) is 0 Å². The van der Waals surface area contributed by atoms with Crippen molar-refractivity contribution >= 4 is 45.0 Å². The SMILES string of the molecule is CCCc1nc(-c2ccc3ccccc3c2)nc(Cl)c1I. The van der Waals surface area contributed by atoms with E-state index in [4.69, 9.17) is 16.6 Å². The largest absolute Gasteiger partial charge is 0.232 e. The molecule has 0 aliphatic heterocycles. The summed E-state index contributed by atoms with van der Waals surface area (Å²) in [7, 11) is 0. The van der Waals surface area contributed by atoms with Crippen LogP contribution in [-0.4, -0.2) is 9.97 Å². The Bertz CT molecular complexity index is 802. The third-order valence-corrected chi connectivity index (χ3v) is 5.10. The fourth-order valence-corrected chi connectivity index (χ4v) is 3.02. The molecule has 106 valence electrons. The van der Waals surface area contributed by atoms with Gasteiger partial charge in [0.05, 0.1) is 9.26 Å². The highest BCUT2D eigenvalue weighted by Crippen LogP contribution is 2.26. The van der Waals surface area contributed by atoms with Gasteiger partial charge in [-0.3, -0.25) is 0 Å². The van der Waals surface area contributed by atoms with Crippen LogP contribution in [0, 0.1) is 3.57 Å². The Morgan fingerprint density at radius 3 is 2.57 bits per heavy atom. The van der Waals surface area contributed by atoms with Gasteiger partial charge in [-0.15, -0.1) is 0 Å². The van der Waals surface area contributed by atoms with Crippen molar-refractivity contribution in [3.05, 3.63) is 56.9 Å². The average Bonchev–Trinajstić information content (AvgIpc) is 2.51. The lowest BCUT2D eigenvalue weighted by molar-refractivity contribution is 0.867. The summed E-state index contributed by atoms with van der Waals surface area (Å²) in [5, 5.41) is 2.94. The summed E-state index contributed by atoms with van der Waals surface area (Å²) in [6.45, 7) is 2.14. The highest BCUT2D eigenvalue weighted by molar-refractivity contribution is 14.1. The molecular weight excluding hydrogens is 395 g/mol. The van der Waals surface area contributed by atoms with E-state index >= 15 is 0 Å². The lowest BCUT2D eigenvalue weighted by Crippen LogP contribution is -2.00. The van der Waals surface area contributed by atoms with Crippen LogP contribution in [0.25, 0.3) is 22.2 Å². The predicted molar refractivity (Wildman–Crippen MR) is 96.7 cm³/mol. The zero-order valence-corrected chi connectivity index (χ0v) is 14.5. The standard InChI is InChI=1S/C17H14ClIN2/c1-2-5-14-15(19)16(18)21-17(20-14)13-9-8-11-6-3-4-7-12(11)10-13/h3-4,6-10H,2,5H2,1H3. The molecule has 0 unspecified atom stereocenters. The van der Waals surface area contributed by atoms with Gasteiger partial charge in [0, 0.05) is 5.56 Å². The molecule has 0 saturated carbocycles. The summed E-state index contributed by atoms with van der Waals surface area (Å²) >= 11 is 8.49. The molecule has 3 rings (SSSR count). The van der Waals surface area contributed by atoms with E-state index in [0.29, 0.717) is 11.0 Å². The van der Waals surface area contributed by atoms with E-state index in [2.05, 4.69) is 64.8 Å². The lowest BCUT2D eigenvalue weighted by atomic mass is 10.1. The molecule has 3 aromatic rings. The summed E-state index contributed by atoms with van der Waals surface area (Å²) in [6, 6.07) is 14.5. The lowest BCUT2D eigenvalue weighted by Gasteiger charge is -2.08. The minimum absolute atomic E-state index is 0.539. The summed E-state index contributed by atoms with van der Waals surface area (Å²) in [5.74, 6) is 0.703. The van der Waals surface area contributed by atoms with Gasteiger partial charge in [-0.05, 0) is 45.9 Å². The van der Waals surface area contributed by atoms with Gasteiger partial charge in [0.25, 0.3) is 0 Å². The molecule has 0 saturated heterocycles. The van der Waals surface area contributed by atoms with Crippen molar-refractivity contribution in [3.63, 3.8) is 0 Å². The van der Waals surface area contributed by atoms with Crippen molar-refractivity contribution in [2.45, 2.75) is 19.8 Å². The molecule has 0 N–H and O–H groups in total. The van der Waals surface area contributed by atoms with Gasteiger partial charge in [-0.25, -0.2) is 9.97 Å². The normalized spacial score (nSPS) is 11.0. The van der Waals surface area contributed by atoms with Gasteiger partial charge in [0.2, 0.25) is 0 Å². The van der Waals surface area contributed by atoms with Crippen LogP contribution in [0.1, 0.15) is 19.0 Å². The second-order valence-corrected chi connectivity index (χ2v) is 6.35. The van der Waals surface area contributed by atoms with Crippen molar-refractivity contribution in [1.82, 2.24) is 9.97 Å². The van der Waals surface area contributed by atoms with Crippen LogP contribution >= 0.6 is 34.2 Å². The highest BCUT2D eigenvalue weighted by Gasteiger charge is 2.11.